The van der Waals surface area contributed by atoms with E-state index in [1.807, 2.05) is 0 Å². The van der Waals surface area contributed by atoms with Crippen LogP contribution in [0.4, 0.5) is 18.2 Å². The average Bonchev–Trinajstić information content (AvgIpc) is 2.51. The number of carbonyl (C=O) groups excluding carboxylic acids is 2. The van der Waals surface area contributed by atoms with Gasteiger partial charge in [0.05, 0.1) is 5.56 Å². The number of amides is 2. The molecule has 110 valence electrons. The maximum absolute atomic E-state index is 12.3. The summed E-state index contributed by atoms with van der Waals surface area (Å²) in [5, 5.41) is 1.67. The molecular formula is C12H13F3N2O2S. The summed E-state index contributed by atoms with van der Waals surface area (Å²) in [6.45, 7) is 0. The van der Waals surface area contributed by atoms with Crippen LogP contribution in [0.25, 0.3) is 0 Å². The summed E-state index contributed by atoms with van der Waals surface area (Å²) < 4.78 is 36.9. The highest BCUT2D eigenvalue weighted by molar-refractivity contribution is 7.17. The van der Waals surface area contributed by atoms with Crippen molar-refractivity contribution in [2.75, 3.05) is 5.32 Å². The van der Waals surface area contributed by atoms with E-state index in [2.05, 4.69) is 0 Å². The summed E-state index contributed by atoms with van der Waals surface area (Å²) >= 11 is 1.02. The van der Waals surface area contributed by atoms with Gasteiger partial charge in [-0.15, -0.1) is 11.3 Å². The highest BCUT2D eigenvalue weighted by atomic mass is 32.1. The highest BCUT2D eigenvalue weighted by Crippen LogP contribution is 2.37. The molecule has 2 amide bonds. The molecule has 0 aromatic carbocycles. The third-order valence-corrected chi connectivity index (χ3v) is 4.36. The molecule has 8 heteroatoms. The Bertz CT molecular complexity index is 552. The third kappa shape index (κ3) is 2.95. The van der Waals surface area contributed by atoms with Crippen molar-refractivity contribution in [1.29, 1.82) is 0 Å². The van der Waals surface area contributed by atoms with Crippen LogP contribution in [-0.4, -0.2) is 18.0 Å². The molecule has 0 fully saturated rings. The van der Waals surface area contributed by atoms with Crippen LogP contribution in [0.2, 0.25) is 0 Å². The maximum atomic E-state index is 12.3. The van der Waals surface area contributed by atoms with Crippen molar-refractivity contribution in [1.82, 2.24) is 0 Å². The van der Waals surface area contributed by atoms with Gasteiger partial charge in [0.15, 0.2) is 0 Å². The minimum Gasteiger partial charge on any atom is -0.365 e. The van der Waals surface area contributed by atoms with Gasteiger partial charge in [0.1, 0.15) is 5.00 Å². The lowest BCUT2D eigenvalue weighted by Crippen LogP contribution is -2.30. The molecular weight excluding hydrogens is 293 g/mol. The van der Waals surface area contributed by atoms with Crippen LogP contribution in [-0.2, 0) is 17.6 Å². The normalized spacial score (nSPS) is 15.3. The van der Waals surface area contributed by atoms with Gasteiger partial charge >= 0.3 is 12.1 Å². The molecule has 0 saturated heterocycles. The van der Waals surface area contributed by atoms with Crippen LogP contribution in [0.1, 0.15) is 40.1 Å². The lowest BCUT2D eigenvalue weighted by Gasteiger charge is -2.08. The number of primary amides is 1. The van der Waals surface area contributed by atoms with Crippen LogP contribution in [0, 0.1) is 0 Å². The molecule has 0 unspecified atom stereocenters. The van der Waals surface area contributed by atoms with E-state index >= 15 is 0 Å². The molecule has 1 aromatic rings. The van der Waals surface area contributed by atoms with Gasteiger partial charge in [-0.1, -0.05) is 6.42 Å². The fourth-order valence-electron chi connectivity index (χ4n) is 2.27. The quantitative estimate of drug-likeness (QED) is 0.824. The molecule has 1 aliphatic carbocycles. The zero-order valence-electron chi connectivity index (χ0n) is 10.5. The summed E-state index contributed by atoms with van der Waals surface area (Å²) in [4.78, 5) is 23.3. The standard InChI is InChI=1S/C12H13F3N2O2S/c13-12(14,15)11(19)17-10-8(9(16)18)6-4-2-1-3-5-7(6)20-10/h1-5H2,(H2,16,18)(H,17,19). The van der Waals surface area contributed by atoms with Crippen LogP contribution in [0.3, 0.4) is 0 Å². The topological polar surface area (TPSA) is 72.2 Å². The van der Waals surface area contributed by atoms with Crippen LogP contribution < -0.4 is 11.1 Å². The smallest absolute Gasteiger partial charge is 0.365 e. The number of aryl methyl sites for hydroxylation is 1. The molecule has 1 aliphatic rings. The molecule has 0 spiro atoms. The summed E-state index contributed by atoms with van der Waals surface area (Å²) in [5.41, 5.74) is 5.98. The van der Waals surface area contributed by atoms with E-state index in [1.165, 1.54) is 0 Å². The largest absolute Gasteiger partial charge is 0.471 e. The number of rotatable bonds is 2. The molecule has 2 rings (SSSR count). The van der Waals surface area contributed by atoms with Crippen molar-refractivity contribution in [3.8, 4) is 0 Å². The van der Waals surface area contributed by atoms with Crippen molar-refractivity contribution in [2.45, 2.75) is 38.3 Å². The van der Waals surface area contributed by atoms with E-state index in [0.717, 1.165) is 35.5 Å². The second kappa shape index (κ2) is 5.43. The van der Waals surface area contributed by atoms with Crippen molar-refractivity contribution < 1.29 is 22.8 Å². The number of hydrogen-bond donors (Lipinski definition) is 2. The second-order valence-corrected chi connectivity index (χ2v) is 5.69. The van der Waals surface area contributed by atoms with Crippen LogP contribution >= 0.6 is 11.3 Å². The minimum atomic E-state index is -4.99. The van der Waals surface area contributed by atoms with Crippen LogP contribution in [0.15, 0.2) is 0 Å². The lowest BCUT2D eigenvalue weighted by molar-refractivity contribution is -0.167. The number of nitrogens with one attached hydrogen (secondary N) is 1. The van der Waals surface area contributed by atoms with Gasteiger partial charge in [-0.3, -0.25) is 9.59 Å². The zero-order valence-corrected chi connectivity index (χ0v) is 11.3. The van der Waals surface area contributed by atoms with Gasteiger partial charge in [0.2, 0.25) is 0 Å². The predicted molar refractivity (Wildman–Crippen MR) is 68.8 cm³/mol. The van der Waals surface area contributed by atoms with Gasteiger partial charge in [-0.2, -0.15) is 13.2 Å². The molecule has 0 saturated carbocycles. The molecule has 3 N–H and O–H groups in total. The molecule has 20 heavy (non-hydrogen) atoms. The Morgan fingerprint density at radius 3 is 2.40 bits per heavy atom. The number of thiophene rings is 1. The van der Waals surface area contributed by atoms with Gasteiger partial charge < -0.3 is 11.1 Å². The van der Waals surface area contributed by atoms with Gasteiger partial charge in [0.25, 0.3) is 5.91 Å². The number of anilines is 1. The Hall–Kier alpha value is -1.57. The van der Waals surface area contributed by atoms with Crippen molar-refractivity contribution in [3.05, 3.63) is 16.0 Å². The molecule has 1 heterocycles. The predicted octanol–water partition coefficient (Wildman–Crippen LogP) is 2.62. The highest BCUT2D eigenvalue weighted by Gasteiger charge is 2.40. The fraction of sp³-hybridized carbons (Fsp3) is 0.500. The van der Waals surface area contributed by atoms with Gasteiger partial charge in [-0.25, -0.2) is 0 Å². The Labute approximate surface area is 117 Å². The summed E-state index contributed by atoms with van der Waals surface area (Å²) in [5.74, 6) is -2.89. The Kier molecular flexibility index (Phi) is 4.03. The third-order valence-electron chi connectivity index (χ3n) is 3.15. The van der Waals surface area contributed by atoms with E-state index in [4.69, 9.17) is 5.73 Å². The summed E-state index contributed by atoms with van der Waals surface area (Å²) in [7, 11) is 0. The number of hydrogen-bond acceptors (Lipinski definition) is 3. The monoisotopic (exact) mass is 306 g/mol. The zero-order chi connectivity index (χ0) is 14.9. The first-order valence-electron chi connectivity index (χ1n) is 6.13. The summed E-state index contributed by atoms with van der Waals surface area (Å²) in [6.07, 6.45) is -0.913. The Morgan fingerprint density at radius 2 is 1.80 bits per heavy atom. The molecule has 0 radical (unpaired) electrons. The van der Waals surface area contributed by atoms with E-state index in [9.17, 15) is 22.8 Å². The van der Waals surface area contributed by atoms with Gasteiger partial charge in [-0.05, 0) is 31.2 Å². The number of carbonyl (C=O) groups is 2. The average molecular weight is 306 g/mol. The van der Waals surface area contributed by atoms with Gasteiger partial charge in [0, 0.05) is 4.88 Å². The lowest BCUT2D eigenvalue weighted by atomic mass is 10.1. The van der Waals surface area contributed by atoms with E-state index < -0.39 is 18.0 Å². The summed E-state index contributed by atoms with van der Waals surface area (Å²) in [6, 6.07) is 0. The number of fused-ring (bicyclic) bond motifs is 1. The molecule has 1 aromatic heterocycles. The molecule has 4 nitrogen and oxygen atoms in total. The number of halogens is 3. The number of alkyl halides is 3. The van der Waals surface area contributed by atoms with E-state index in [-0.39, 0.29) is 10.6 Å². The fourth-order valence-corrected chi connectivity index (χ4v) is 3.56. The minimum absolute atomic E-state index is 0.0319. The van der Waals surface area contributed by atoms with Crippen molar-refractivity contribution in [3.63, 3.8) is 0 Å². The van der Waals surface area contributed by atoms with E-state index in [1.54, 1.807) is 5.32 Å². The first-order chi connectivity index (χ1) is 9.30. The second-order valence-electron chi connectivity index (χ2n) is 4.58. The Balaban J connectivity index is 2.38. The Morgan fingerprint density at radius 1 is 1.15 bits per heavy atom. The molecule has 0 aliphatic heterocycles. The van der Waals surface area contributed by atoms with Crippen LogP contribution in [0.5, 0.6) is 0 Å². The first kappa shape index (κ1) is 14.8. The first-order valence-corrected chi connectivity index (χ1v) is 6.95. The van der Waals surface area contributed by atoms with Crippen molar-refractivity contribution in [2.24, 2.45) is 5.73 Å². The molecule has 0 atom stereocenters. The maximum Gasteiger partial charge on any atom is 0.471 e. The SMILES string of the molecule is NC(=O)c1c(NC(=O)C(F)(F)F)sc2c1CCCCC2. The number of nitrogens with two attached hydrogens (primary N) is 1. The van der Waals surface area contributed by atoms with E-state index in [0.29, 0.717) is 18.4 Å². The molecule has 0 bridgehead atoms. The van der Waals surface area contributed by atoms with Crippen molar-refractivity contribution >= 4 is 28.2 Å².